The second kappa shape index (κ2) is 8.70. The lowest BCUT2D eigenvalue weighted by Crippen LogP contribution is -2.13. The molecule has 0 aromatic carbocycles. The molecule has 1 N–H and O–H groups in total. The Hall–Kier alpha value is -0.300. The van der Waals surface area contributed by atoms with E-state index in [0.717, 1.165) is 6.54 Å². The molecular formula is C9H19N. The number of unbranched alkanes of at least 4 members (excludes halogenated alkanes) is 2. The van der Waals surface area contributed by atoms with Crippen molar-refractivity contribution in [1.29, 1.82) is 0 Å². The highest BCUT2D eigenvalue weighted by Crippen LogP contribution is 1.94. The summed E-state index contributed by atoms with van der Waals surface area (Å²) in [4.78, 5) is 0. The third-order valence-corrected chi connectivity index (χ3v) is 1.46. The molecule has 0 bridgehead atoms. The van der Waals surface area contributed by atoms with E-state index in [-0.39, 0.29) is 0 Å². The summed E-state index contributed by atoms with van der Waals surface area (Å²) in [6.45, 7) is 6.49. The average Bonchev–Trinajstić information content (AvgIpc) is 1.97. The van der Waals surface area contributed by atoms with E-state index in [1.807, 2.05) is 0 Å². The molecule has 0 spiro atoms. The Kier molecular flexibility index (Phi) is 8.44. The Morgan fingerprint density at radius 2 is 2.10 bits per heavy atom. The SMILES string of the molecule is CC=CCCCCNCC. The summed E-state index contributed by atoms with van der Waals surface area (Å²) in [6, 6.07) is 0. The van der Waals surface area contributed by atoms with E-state index in [0.29, 0.717) is 0 Å². The summed E-state index contributed by atoms with van der Waals surface area (Å²) >= 11 is 0. The summed E-state index contributed by atoms with van der Waals surface area (Å²) in [5, 5.41) is 3.30. The molecule has 0 aliphatic rings. The van der Waals surface area contributed by atoms with Gasteiger partial charge in [-0.2, -0.15) is 0 Å². The smallest absolute Gasteiger partial charge is 0.00489 e. The van der Waals surface area contributed by atoms with Crippen molar-refractivity contribution in [3.8, 4) is 0 Å². The molecule has 0 atom stereocenters. The van der Waals surface area contributed by atoms with Gasteiger partial charge in [-0.25, -0.2) is 0 Å². The molecule has 0 radical (unpaired) electrons. The molecule has 0 rings (SSSR count). The van der Waals surface area contributed by atoms with Crippen molar-refractivity contribution in [3.05, 3.63) is 12.2 Å². The van der Waals surface area contributed by atoms with Crippen LogP contribution >= 0.6 is 0 Å². The highest BCUT2D eigenvalue weighted by molar-refractivity contribution is 4.76. The molecule has 0 amide bonds. The van der Waals surface area contributed by atoms with E-state index in [4.69, 9.17) is 0 Å². The fourth-order valence-electron chi connectivity index (χ4n) is 0.856. The van der Waals surface area contributed by atoms with E-state index in [9.17, 15) is 0 Å². The highest BCUT2D eigenvalue weighted by atomic mass is 14.8. The predicted octanol–water partition coefficient (Wildman–Crippen LogP) is 2.34. The lowest BCUT2D eigenvalue weighted by Gasteiger charge is -1.98. The highest BCUT2D eigenvalue weighted by Gasteiger charge is 1.83. The number of nitrogens with one attached hydrogen (secondary N) is 1. The van der Waals surface area contributed by atoms with E-state index in [1.54, 1.807) is 0 Å². The molecule has 0 heterocycles. The Morgan fingerprint density at radius 1 is 1.30 bits per heavy atom. The van der Waals surface area contributed by atoms with Crippen molar-refractivity contribution >= 4 is 0 Å². The van der Waals surface area contributed by atoms with Crippen molar-refractivity contribution < 1.29 is 0 Å². The van der Waals surface area contributed by atoms with Gasteiger partial charge in [0, 0.05) is 0 Å². The standard InChI is InChI=1S/C9H19N/c1-3-5-6-7-8-9-10-4-2/h3,5,10H,4,6-9H2,1-2H3. The van der Waals surface area contributed by atoms with Gasteiger partial charge in [0.15, 0.2) is 0 Å². The molecule has 0 unspecified atom stereocenters. The molecule has 1 heteroatoms. The first kappa shape index (κ1) is 9.70. The summed E-state index contributed by atoms with van der Waals surface area (Å²) in [5.74, 6) is 0. The van der Waals surface area contributed by atoms with Gasteiger partial charge in [-0.15, -0.1) is 0 Å². The second-order valence-corrected chi connectivity index (χ2v) is 2.42. The van der Waals surface area contributed by atoms with E-state index >= 15 is 0 Å². The van der Waals surface area contributed by atoms with Gasteiger partial charge >= 0.3 is 0 Å². The zero-order valence-corrected chi connectivity index (χ0v) is 7.19. The maximum Gasteiger partial charge on any atom is -0.00489 e. The van der Waals surface area contributed by atoms with Crippen LogP contribution in [0.2, 0.25) is 0 Å². The van der Waals surface area contributed by atoms with Crippen molar-refractivity contribution in [3.63, 3.8) is 0 Å². The number of hydrogen-bond acceptors (Lipinski definition) is 1. The first-order valence-corrected chi connectivity index (χ1v) is 4.23. The van der Waals surface area contributed by atoms with Gasteiger partial charge in [-0.3, -0.25) is 0 Å². The maximum atomic E-state index is 3.30. The van der Waals surface area contributed by atoms with Gasteiger partial charge in [0.1, 0.15) is 0 Å². The van der Waals surface area contributed by atoms with Crippen LogP contribution in [0.1, 0.15) is 33.1 Å². The van der Waals surface area contributed by atoms with Crippen molar-refractivity contribution in [2.75, 3.05) is 13.1 Å². The molecule has 0 aromatic heterocycles. The van der Waals surface area contributed by atoms with E-state index < -0.39 is 0 Å². The molecule has 0 saturated carbocycles. The maximum absolute atomic E-state index is 3.30. The Bertz CT molecular complexity index is 76.8. The zero-order chi connectivity index (χ0) is 7.66. The summed E-state index contributed by atoms with van der Waals surface area (Å²) in [7, 11) is 0. The van der Waals surface area contributed by atoms with E-state index in [1.165, 1.54) is 25.8 Å². The number of rotatable bonds is 6. The van der Waals surface area contributed by atoms with Gasteiger partial charge in [0.05, 0.1) is 0 Å². The topological polar surface area (TPSA) is 12.0 Å². The lowest BCUT2D eigenvalue weighted by molar-refractivity contribution is 0.645. The molecule has 0 aliphatic heterocycles. The first-order valence-electron chi connectivity index (χ1n) is 4.23. The third-order valence-electron chi connectivity index (χ3n) is 1.46. The summed E-state index contributed by atoms with van der Waals surface area (Å²) < 4.78 is 0. The van der Waals surface area contributed by atoms with Crippen LogP contribution in [-0.4, -0.2) is 13.1 Å². The van der Waals surface area contributed by atoms with Crippen LogP contribution in [0.3, 0.4) is 0 Å². The summed E-state index contributed by atoms with van der Waals surface area (Å²) in [6.07, 6.45) is 8.20. The van der Waals surface area contributed by atoms with Crippen LogP contribution in [0.5, 0.6) is 0 Å². The van der Waals surface area contributed by atoms with Crippen LogP contribution in [0.15, 0.2) is 12.2 Å². The van der Waals surface area contributed by atoms with Crippen LogP contribution in [-0.2, 0) is 0 Å². The van der Waals surface area contributed by atoms with Crippen LogP contribution in [0.25, 0.3) is 0 Å². The molecular weight excluding hydrogens is 122 g/mol. The minimum absolute atomic E-state index is 1.10. The fourth-order valence-corrected chi connectivity index (χ4v) is 0.856. The molecule has 0 saturated heterocycles. The minimum atomic E-state index is 1.10. The Balaban J connectivity index is 2.77. The quantitative estimate of drug-likeness (QED) is 0.442. The Morgan fingerprint density at radius 3 is 2.70 bits per heavy atom. The second-order valence-electron chi connectivity index (χ2n) is 2.42. The van der Waals surface area contributed by atoms with Crippen molar-refractivity contribution in [1.82, 2.24) is 5.32 Å². The summed E-state index contributed by atoms with van der Waals surface area (Å²) in [5.41, 5.74) is 0. The number of allylic oxidation sites excluding steroid dienone is 2. The van der Waals surface area contributed by atoms with Gasteiger partial charge in [0.25, 0.3) is 0 Å². The van der Waals surface area contributed by atoms with Crippen LogP contribution in [0, 0.1) is 0 Å². The first-order chi connectivity index (χ1) is 4.91. The zero-order valence-electron chi connectivity index (χ0n) is 7.19. The van der Waals surface area contributed by atoms with Gasteiger partial charge in [-0.05, 0) is 39.3 Å². The van der Waals surface area contributed by atoms with Crippen molar-refractivity contribution in [2.45, 2.75) is 33.1 Å². The molecule has 60 valence electrons. The third kappa shape index (κ3) is 7.70. The molecule has 0 aromatic rings. The molecule has 10 heavy (non-hydrogen) atoms. The number of hydrogen-bond donors (Lipinski definition) is 1. The molecule has 0 aliphatic carbocycles. The minimum Gasteiger partial charge on any atom is -0.317 e. The predicted molar refractivity (Wildman–Crippen MR) is 47.2 cm³/mol. The molecule has 0 fully saturated rings. The van der Waals surface area contributed by atoms with Gasteiger partial charge in [0.2, 0.25) is 0 Å². The molecule has 1 nitrogen and oxygen atoms in total. The normalized spacial score (nSPS) is 11.0. The van der Waals surface area contributed by atoms with E-state index in [2.05, 4.69) is 31.3 Å². The average molecular weight is 141 g/mol. The monoisotopic (exact) mass is 141 g/mol. The van der Waals surface area contributed by atoms with Gasteiger partial charge < -0.3 is 5.32 Å². The Labute approximate surface area is 64.5 Å². The van der Waals surface area contributed by atoms with Crippen LogP contribution < -0.4 is 5.32 Å². The van der Waals surface area contributed by atoms with Gasteiger partial charge in [-0.1, -0.05) is 19.1 Å². The fraction of sp³-hybridized carbons (Fsp3) is 0.778. The largest absolute Gasteiger partial charge is 0.317 e. The lowest BCUT2D eigenvalue weighted by atomic mass is 10.2. The van der Waals surface area contributed by atoms with Crippen molar-refractivity contribution in [2.24, 2.45) is 0 Å². The van der Waals surface area contributed by atoms with Crippen LogP contribution in [0.4, 0.5) is 0 Å².